The molecule has 1 atom stereocenters. The predicted molar refractivity (Wildman–Crippen MR) is 150 cm³/mol. The molecule has 7 heteroatoms. The van der Waals surface area contributed by atoms with Crippen molar-refractivity contribution in [3.63, 3.8) is 0 Å². The molecule has 196 valence electrons. The number of nitrogens with zero attached hydrogens (tertiary/aromatic N) is 1. The van der Waals surface area contributed by atoms with Gasteiger partial charge in [0, 0.05) is 19.5 Å². The molecule has 5 nitrogen and oxygen atoms in total. The fourth-order valence-corrected chi connectivity index (χ4v) is 4.45. The smallest absolute Gasteiger partial charge is 0.261 e. The predicted octanol–water partition coefficient (Wildman–Crippen LogP) is 6.46. The summed E-state index contributed by atoms with van der Waals surface area (Å²) in [5, 5.41) is 3.79. The Morgan fingerprint density at radius 3 is 2.35 bits per heavy atom. The molecule has 0 aliphatic carbocycles. The van der Waals surface area contributed by atoms with Crippen molar-refractivity contribution in [3.05, 3.63) is 98.5 Å². The first-order valence-corrected chi connectivity index (χ1v) is 13.2. The number of amides is 2. The van der Waals surface area contributed by atoms with Crippen molar-refractivity contribution in [2.75, 3.05) is 13.2 Å². The number of benzene rings is 3. The number of rotatable bonds is 11. The molecule has 0 aliphatic heterocycles. The summed E-state index contributed by atoms with van der Waals surface area (Å²) in [5.41, 5.74) is 4.86. The molecule has 1 unspecified atom stereocenters. The van der Waals surface area contributed by atoms with Crippen molar-refractivity contribution in [2.24, 2.45) is 0 Å². The Kier molecular flexibility index (Phi) is 10.4. The minimum absolute atomic E-state index is 0.182. The lowest BCUT2D eigenvalue weighted by Gasteiger charge is -2.31. The van der Waals surface area contributed by atoms with Gasteiger partial charge in [0.05, 0.1) is 10.0 Å². The maximum atomic E-state index is 13.7. The molecule has 0 aromatic heterocycles. The Labute approximate surface area is 229 Å². The normalized spacial score (nSPS) is 11.6. The van der Waals surface area contributed by atoms with Crippen LogP contribution in [0.15, 0.2) is 60.7 Å². The van der Waals surface area contributed by atoms with E-state index in [0.29, 0.717) is 28.8 Å². The second-order valence-electron chi connectivity index (χ2n) is 9.26. The lowest BCUT2D eigenvalue weighted by Crippen LogP contribution is -2.51. The summed E-state index contributed by atoms with van der Waals surface area (Å²) < 4.78 is 6.01. The molecule has 3 rings (SSSR count). The van der Waals surface area contributed by atoms with E-state index in [1.807, 2.05) is 70.2 Å². The molecule has 0 heterocycles. The van der Waals surface area contributed by atoms with Crippen molar-refractivity contribution >= 4 is 35.0 Å². The van der Waals surface area contributed by atoms with Gasteiger partial charge in [-0.15, -0.1) is 0 Å². The van der Waals surface area contributed by atoms with Gasteiger partial charge in [0.1, 0.15) is 11.8 Å². The van der Waals surface area contributed by atoms with Gasteiger partial charge in [-0.05, 0) is 73.2 Å². The molecule has 0 bridgehead atoms. The van der Waals surface area contributed by atoms with Gasteiger partial charge in [0.25, 0.3) is 5.91 Å². The maximum Gasteiger partial charge on any atom is 0.261 e. The molecule has 3 aromatic carbocycles. The third-order valence-electron chi connectivity index (χ3n) is 6.27. The largest absolute Gasteiger partial charge is 0.483 e. The van der Waals surface area contributed by atoms with Gasteiger partial charge in [-0.3, -0.25) is 9.59 Å². The quantitative estimate of drug-likeness (QED) is 0.303. The van der Waals surface area contributed by atoms with Gasteiger partial charge in [0.15, 0.2) is 6.61 Å². The number of hydrogen-bond acceptors (Lipinski definition) is 3. The summed E-state index contributed by atoms with van der Waals surface area (Å²) in [6.45, 7) is 8.48. The number of hydrogen-bond donors (Lipinski definition) is 1. The van der Waals surface area contributed by atoms with Crippen LogP contribution in [0, 0.1) is 20.8 Å². The van der Waals surface area contributed by atoms with E-state index in [-0.39, 0.29) is 25.0 Å². The number of aryl methyl sites for hydroxylation is 2. The Morgan fingerprint density at radius 2 is 1.68 bits per heavy atom. The SMILES string of the molecule is CCCNC(=O)C(Cc1ccccc1)N(Cc1ccc(Cl)c(Cl)c1)C(=O)COc1cc(C)cc(C)c1C. The van der Waals surface area contributed by atoms with E-state index in [1.54, 1.807) is 17.0 Å². The topological polar surface area (TPSA) is 58.6 Å². The van der Waals surface area contributed by atoms with Gasteiger partial charge in [-0.1, -0.05) is 72.6 Å². The first-order valence-electron chi connectivity index (χ1n) is 12.4. The molecule has 0 saturated heterocycles. The summed E-state index contributed by atoms with van der Waals surface area (Å²) in [5.74, 6) is 0.161. The maximum absolute atomic E-state index is 13.7. The molecular weight excluding hydrogens is 507 g/mol. The van der Waals surface area contributed by atoms with Crippen molar-refractivity contribution in [3.8, 4) is 5.75 Å². The number of carbonyl (C=O) groups excluding carboxylic acids is 2. The van der Waals surface area contributed by atoms with Crippen LogP contribution >= 0.6 is 23.2 Å². The standard InChI is InChI=1S/C30H34Cl2N2O3/c1-5-13-33-30(36)27(17-23-9-7-6-8-10-23)34(18-24-11-12-25(31)26(32)16-24)29(35)19-37-28-15-20(2)14-21(3)22(28)4/h6-12,14-16,27H,5,13,17-19H2,1-4H3,(H,33,36). The van der Waals surface area contributed by atoms with Gasteiger partial charge in [-0.2, -0.15) is 0 Å². The molecule has 3 aromatic rings. The fourth-order valence-electron chi connectivity index (χ4n) is 4.13. The lowest BCUT2D eigenvalue weighted by molar-refractivity contribution is -0.142. The van der Waals surface area contributed by atoms with E-state index in [1.165, 1.54) is 0 Å². The van der Waals surface area contributed by atoms with Crippen molar-refractivity contribution in [1.82, 2.24) is 10.2 Å². The molecule has 1 N–H and O–H groups in total. The molecule has 37 heavy (non-hydrogen) atoms. The molecule has 0 spiro atoms. The fraction of sp³-hybridized carbons (Fsp3) is 0.333. The zero-order chi connectivity index (χ0) is 26.9. The zero-order valence-corrected chi connectivity index (χ0v) is 23.3. The Balaban J connectivity index is 1.94. The molecule has 0 saturated carbocycles. The van der Waals surface area contributed by atoms with E-state index in [4.69, 9.17) is 27.9 Å². The Morgan fingerprint density at radius 1 is 0.946 bits per heavy atom. The van der Waals surface area contributed by atoms with Crippen LogP contribution in [0.25, 0.3) is 0 Å². The zero-order valence-electron chi connectivity index (χ0n) is 21.8. The van der Waals surface area contributed by atoms with Crippen LogP contribution in [-0.2, 0) is 22.6 Å². The molecule has 0 fully saturated rings. The number of carbonyl (C=O) groups is 2. The summed E-state index contributed by atoms with van der Waals surface area (Å²) >= 11 is 12.4. The first kappa shape index (κ1) is 28.5. The van der Waals surface area contributed by atoms with Crippen molar-refractivity contribution in [1.29, 1.82) is 0 Å². The summed E-state index contributed by atoms with van der Waals surface area (Å²) in [4.78, 5) is 28.7. The van der Waals surface area contributed by atoms with Crippen LogP contribution in [-0.4, -0.2) is 35.9 Å². The average molecular weight is 542 g/mol. The monoisotopic (exact) mass is 540 g/mol. The molecule has 2 amide bonds. The highest BCUT2D eigenvalue weighted by Gasteiger charge is 2.30. The first-order chi connectivity index (χ1) is 17.7. The van der Waals surface area contributed by atoms with Crippen LogP contribution in [0.2, 0.25) is 10.0 Å². The van der Waals surface area contributed by atoms with Crippen molar-refractivity contribution in [2.45, 2.75) is 53.1 Å². The highest BCUT2D eigenvalue weighted by molar-refractivity contribution is 6.42. The minimum atomic E-state index is -0.736. The number of halogens is 2. The van der Waals surface area contributed by atoms with Crippen LogP contribution in [0.1, 0.15) is 41.2 Å². The second-order valence-corrected chi connectivity index (χ2v) is 10.1. The van der Waals surface area contributed by atoms with E-state index in [0.717, 1.165) is 34.2 Å². The highest BCUT2D eigenvalue weighted by atomic mass is 35.5. The van der Waals surface area contributed by atoms with E-state index < -0.39 is 6.04 Å². The van der Waals surface area contributed by atoms with Gasteiger partial charge in [-0.25, -0.2) is 0 Å². The summed E-state index contributed by atoms with van der Waals surface area (Å²) in [6.07, 6.45) is 1.16. The third-order valence-corrected chi connectivity index (χ3v) is 7.01. The minimum Gasteiger partial charge on any atom is -0.483 e. The van der Waals surface area contributed by atoms with Crippen molar-refractivity contribution < 1.29 is 14.3 Å². The summed E-state index contributed by atoms with van der Waals surface area (Å²) in [6, 6.07) is 18.2. The Hall–Kier alpha value is -3.02. The van der Waals surface area contributed by atoms with Gasteiger partial charge >= 0.3 is 0 Å². The van der Waals surface area contributed by atoms with Gasteiger partial charge in [0.2, 0.25) is 5.91 Å². The second kappa shape index (κ2) is 13.5. The molecular formula is C30H34Cl2N2O3. The van der Waals surface area contributed by atoms with Crippen LogP contribution in [0.4, 0.5) is 0 Å². The lowest BCUT2D eigenvalue weighted by atomic mass is 10.0. The third kappa shape index (κ3) is 7.98. The Bertz CT molecular complexity index is 1230. The highest BCUT2D eigenvalue weighted by Crippen LogP contribution is 2.26. The molecule has 0 radical (unpaired) electrons. The van der Waals surface area contributed by atoms with Gasteiger partial charge < -0.3 is 15.0 Å². The van der Waals surface area contributed by atoms with E-state index in [9.17, 15) is 9.59 Å². The van der Waals surface area contributed by atoms with E-state index >= 15 is 0 Å². The molecule has 0 aliphatic rings. The van der Waals surface area contributed by atoms with Crippen LogP contribution < -0.4 is 10.1 Å². The average Bonchev–Trinajstić information content (AvgIpc) is 2.88. The van der Waals surface area contributed by atoms with Crippen LogP contribution in [0.5, 0.6) is 5.75 Å². The van der Waals surface area contributed by atoms with E-state index in [2.05, 4.69) is 11.4 Å². The van der Waals surface area contributed by atoms with Crippen LogP contribution in [0.3, 0.4) is 0 Å². The number of nitrogens with one attached hydrogen (secondary N) is 1. The number of ether oxygens (including phenoxy) is 1. The summed E-state index contributed by atoms with van der Waals surface area (Å²) in [7, 11) is 0.